The molecule has 0 aromatic heterocycles. The number of aliphatic hydroxyl groups is 2. The second-order valence-electron chi connectivity index (χ2n) is 10.9. The number of ether oxygens (including phenoxy) is 4. The molecule has 0 bridgehead atoms. The Bertz CT molecular complexity index is 1220. The van der Waals surface area contributed by atoms with Crippen molar-refractivity contribution in [1.29, 1.82) is 0 Å². The van der Waals surface area contributed by atoms with Gasteiger partial charge in [0.05, 0.1) is 18.4 Å². The number of fused-ring (bicyclic) bond motifs is 2. The van der Waals surface area contributed by atoms with Crippen molar-refractivity contribution in [1.82, 2.24) is 4.90 Å². The summed E-state index contributed by atoms with van der Waals surface area (Å²) < 4.78 is 22.6. The number of nitrogens with zero attached hydrogens (tertiary/aromatic N) is 1. The molecule has 2 aliphatic rings. The van der Waals surface area contributed by atoms with Gasteiger partial charge in [0.15, 0.2) is 28.6 Å². The highest BCUT2D eigenvalue weighted by Crippen LogP contribution is 2.37. The molecule has 0 saturated carbocycles. The number of hydrogen-bond donors (Lipinski definition) is 5. The van der Waals surface area contributed by atoms with Gasteiger partial charge in [-0.25, -0.2) is 4.79 Å². The monoisotopic (exact) mass is 605 g/mol. The van der Waals surface area contributed by atoms with Crippen molar-refractivity contribution >= 4 is 17.9 Å². The third-order valence-corrected chi connectivity index (χ3v) is 7.06. The number of benzene rings is 2. The Balaban J connectivity index is 0.000000331. The molecule has 0 radical (unpaired) electrons. The van der Waals surface area contributed by atoms with E-state index in [0.29, 0.717) is 19.3 Å². The third kappa shape index (κ3) is 10.3. The van der Waals surface area contributed by atoms with Crippen LogP contribution in [-0.2, 0) is 20.8 Å². The normalized spacial score (nSPS) is 15.0. The van der Waals surface area contributed by atoms with Crippen LogP contribution in [0.2, 0.25) is 0 Å². The van der Waals surface area contributed by atoms with Crippen LogP contribution in [0.25, 0.3) is 0 Å². The third-order valence-electron chi connectivity index (χ3n) is 7.06. The van der Waals surface area contributed by atoms with Crippen LogP contribution in [0, 0.1) is 0 Å². The van der Waals surface area contributed by atoms with E-state index in [4.69, 9.17) is 39.4 Å². The molecular weight excluding hydrogens is 566 g/mol. The van der Waals surface area contributed by atoms with Crippen molar-refractivity contribution in [2.24, 2.45) is 0 Å². The van der Waals surface area contributed by atoms with Gasteiger partial charge in [-0.3, -0.25) is 9.59 Å². The van der Waals surface area contributed by atoms with E-state index < -0.39 is 42.0 Å². The van der Waals surface area contributed by atoms with Crippen LogP contribution in [0.5, 0.6) is 23.0 Å². The van der Waals surface area contributed by atoms with E-state index in [1.165, 1.54) is 0 Å². The lowest BCUT2D eigenvalue weighted by molar-refractivity contribution is -0.170. The van der Waals surface area contributed by atoms with Crippen LogP contribution in [0.3, 0.4) is 0 Å². The predicted octanol–water partition coefficient (Wildman–Crippen LogP) is 2.75. The maximum Gasteiger partial charge on any atom is 0.336 e. The molecule has 2 heterocycles. The van der Waals surface area contributed by atoms with Crippen LogP contribution < -0.4 is 18.9 Å². The molecular formula is C30H39NO12. The van der Waals surface area contributed by atoms with Crippen LogP contribution in [0.4, 0.5) is 0 Å². The lowest BCUT2D eigenvalue weighted by Gasteiger charge is -2.30. The summed E-state index contributed by atoms with van der Waals surface area (Å²) in [5, 5.41) is 45.3. The molecule has 1 atom stereocenters. The zero-order valence-corrected chi connectivity index (χ0v) is 24.2. The summed E-state index contributed by atoms with van der Waals surface area (Å²) in [6.07, 6.45) is 1.79. The van der Waals surface area contributed by atoms with Crippen LogP contribution in [0.1, 0.15) is 50.5 Å². The highest BCUT2D eigenvalue weighted by atomic mass is 16.7. The van der Waals surface area contributed by atoms with Crippen molar-refractivity contribution < 1.29 is 58.9 Å². The SMILES string of the molecule is CN(C)CCCC(O)(CCc1ccc2c(c1)OCO2)CCC1Oc2ccccc2O1.O=C(O)CC(O)(CC(=O)O)C(=O)O. The number of carbonyl (C=O) groups is 3. The molecule has 2 aromatic carbocycles. The van der Waals surface area contributed by atoms with Gasteiger partial charge in [-0.2, -0.15) is 0 Å². The standard InChI is InChI=1S/C24H31NO5.C6H8O7/c1-25(2)15-5-12-24(26,13-10-18-8-9-19-22(16-18)28-17-27-19)14-11-23-29-20-6-3-4-7-21(20)30-23;7-3(8)1-6(13,5(11)12)2-4(9)10/h3-4,6-9,16,23,26H,5,10-15,17H2,1-2H3;13H,1-2H2,(H,7,8)(H,9,10)(H,11,12). The summed E-state index contributed by atoms with van der Waals surface area (Å²) >= 11 is 0. The molecule has 236 valence electrons. The fourth-order valence-electron chi connectivity index (χ4n) is 4.74. The lowest BCUT2D eigenvalue weighted by Crippen LogP contribution is -2.42. The van der Waals surface area contributed by atoms with Gasteiger partial charge in [0.1, 0.15) is 0 Å². The van der Waals surface area contributed by atoms with E-state index in [1.54, 1.807) is 0 Å². The number of aliphatic carboxylic acids is 3. The quantitative estimate of drug-likeness (QED) is 0.199. The van der Waals surface area contributed by atoms with E-state index in [-0.39, 0.29) is 13.1 Å². The number of aryl methyl sites for hydroxylation is 1. The van der Waals surface area contributed by atoms with Crippen molar-refractivity contribution in [3.8, 4) is 23.0 Å². The van der Waals surface area contributed by atoms with Gasteiger partial charge in [-0.1, -0.05) is 18.2 Å². The van der Waals surface area contributed by atoms with Gasteiger partial charge >= 0.3 is 17.9 Å². The van der Waals surface area contributed by atoms with Crippen LogP contribution >= 0.6 is 0 Å². The van der Waals surface area contributed by atoms with E-state index >= 15 is 0 Å². The Morgan fingerprint density at radius 3 is 2.00 bits per heavy atom. The maximum atomic E-state index is 11.5. The Morgan fingerprint density at radius 1 is 0.837 bits per heavy atom. The minimum Gasteiger partial charge on any atom is -0.481 e. The first kappa shape index (κ1) is 33.4. The predicted molar refractivity (Wildman–Crippen MR) is 151 cm³/mol. The van der Waals surface area contributed by atoms with Gasteiger partial charge in [0.2, 0.25) is 13.1 Å². The summed E-state index contributed by atoms with van der Waals surface area (Å²) in [4.78, 5) is 32.6. The van der Waals surface area contributed by atoms with Crippen LogP contribution in [-0.4, -0.2) is 93.3 Å². The Labute approximate surface area is 249 Å². The van der Waals surface area contributed by atoms with Crippen molar-refractivity contribution in [3.63, 3.8) is 0 Å². The van der Waals surface area contributed by atoms with Gasteiger partial charge in [-0.15, -0.1) is 0 Å². The number of hydrogen-bond acceptors (Lipinski definition) is 10. The maximum absolute atomic E-state index is 11.5. The molecule has 5 N–H and O–H groups in total. The number of carboxylic acid groups (broad SMARTS) is 3. The van der Waals surface area contributed by atoms with Gasteiger partial charge < -0.3 is 49.4 Å². The molecule has 0 aliphatic carbocycles. The molecule has 1 unspecified atom stereocenters. The van der Waals surface area contributed by atoms with Crippen molar-refractivity contribution in [2.75, 3.05) is 27.4 Å². The summed E-state index contributed by atoms with van der Waals surface area (Å²) in [7, 11) is 4.12. The Kier molecular flexibility index (Phi) is 11.6. The molecule has 4 rings (SSSR count). The first-order chi connectivity index (χ1) is 20.3. The molecule has 43 heavy (non-hydrogen) atoms. The molecule has 0 amide bonds. The van der Waals surface area contributed by atoms with Gasteiger partial charge in [-0.05, 0) is 82.6 Å². The molecule has 13 heteroatoms. The fourth-order valence-corrected chi connectivity index (χ4v) is 4.74. The zero-order chi connectivity index (χ0) is 31.6. The highest BCUT2D eigenvalue weighted by Gasteiger charge is 2.40. The van der Waals surface area contributed by atoms with Crippen molar-refractivity contribution in [2.45, 2.75) is 68.9 Å². The summed E-state index contributed by atoms with van der Waals surface area (Å²) in [5.74, 6) is -1.89. The fraction of sp³-hybridized carbons (Fsp3) is 0.500. The second-order valence-corrected chi connectivity index (χ2v) is 10.9. The Hall–Kier alpha value is -4.07. The van der Waals surface area contributed by atoms with Crippen LogP contribution in [0.15, 0.2) is 42.5 Å². The average Bonchev–Trinajstić information content (AvgIpc) is 3.56. The first-order valence-corrected chi connectivity index (χ1v) is 13.9. The second kappa shape index (κ2) is 14.9. The van der Waals surface area contributed by atoms with E-state index in [1.807, 2.05) is 42.5 Å². The molecule has 2 aliphatic heterocycles. The average molecular weight is 606 g/mol. The zero-order valence-electron chi connectivity index (χ0n) is 24.2. The van der Waals surface area contributed by atoms with E-state index in [0.717, 1.165) is 54.4 Å². The van der Waals surface area contributed by atoms with Gasteiger partial charge in [0, 0.05) is 6.42 Å². The largest absolute Gasteiger partial charge is 0.481 e. The first-order valence-electron chi connectivity index (χ1n) is 13.9. The summed E-state index contributed by atoms with van der Waals surface area (Å²) in [6, 6.07) is 13.7. The lowest BCUT2D eigenvalue weighted by atomic mass is 9.86. The minimum atomic E-state index is -2.74. The van der Waals surface area contributed by atoms with E-state index in [2.05, 4.69) is 19.0 Å². The molecule has 0 fully saturated rings. The summed E-state index contributed by atoms with van der Waals surface area (Å²) in [5.41, 5.74) is -2.36. The highest BCUT2D eigenvalue weighted by molar-refractivity contribution is 5.88. The topological polar surface area (TPSA) is 193 Å². The number of carboxylic acids is 3. The molecule has 2 aromatic rings. The molecule has 13 nitrogen and oxygen atoms in total. The number of rotatable bonds is 15. The van der Waals surface area contributed by atoms with Gasteiger partial charge in [0.25, 0.3) is 0 Å². The molecule has 0 spiro atoms. The molecule has 0 saturated heterocycles. The van der Waals surface area contributed by atoms with E-state index in [9.17, 15) is 19.5 Å². The minimum absolute atomic E-state index is 0.275. The summed E-state index contributed by atoms with van der Waals surface area (Å²) in [6.45, 7) is 1.23. The Morgan fingerprint density at radius 2 is 1.44 bits per heavy atom. The van der Waals surface area contributed by atoms with Crippen molar-refractivity contribution in [3.05, 3.63) is 48.0 Å². The number of para-hydroxylation sites is 2. The smallest absolute Gasteiger partial charge is 0.336 e.